The highest BCUT2D eigenvalue weighted by Gasteiger charge is 2.21. The lowest BCUT2D eigenvalue weighted by Crippen LogP contribution is -2.33. The fourth-order valence-corrected chi connectivity index (χ4v) is 2.27. The lowest BCUT2D eigenvalue weighted by molar-refractivity contribution is -0.124. The molecule has 1 unspecified atom stereocenters. The van der Waals surface area contributed by atoms with Gasteiger partial charge >= 0.3 is 0 Å². The molecule has 0 aliphatic carbocycles. The molecule has 0 radical (unpaired) electrons. The number of nitrogens with one attached hydrogen (secondary N) is 2. The molecule has 0 spiro atoms. The monoisotopic (exact) mass is 252 g/mol. The van der Waals surface area contributed by atoms with Gasteiger partial charge in [0.2, 0.25) is 5.91 Å². The molecule has 92 valence electrons. The Balaban J connectivity index is 1.76. The molecule has 2 N–H and O–H groups in total. The van der Waals surface area contributed by atoms with Crippen molar-refractivity contribution in [2.24, 2.45) is 5.92 Å². The minimum atomic E-state index is 0.140. The van der Waals surface area contributed by atoms with Crippen molar-refractivity contribution in [3.8, 4) is 0 Å². The first kappa shape index (κ1) is 12.4. The fraction of sp³-hybridized carbons (Fsp3) is 0.462. The molecule has 17 heavy (non-hydrogen) atoms. The van der Waals surface area contributed by atoms with Crippen molar-refractivity contribution < 1.29 is 4.79 Å². The Labute approximate surface area is 107 Å². The predicted molar refractivity (Wildman–Crippen MR) is 69.1 cm³/mol. The summed E-state index contributed by atoms with van der Waals surface area (Å²) in [7, 11) is 0. The summed E-state index contributed by atoms with van der Waals surface area (Å²) in [5.74, 6) is 0.295. The van der Waals surface area contributed by atoms with E-state index in [0.717, 1.165) is 36.5 Å². The van der Waals surface area contributed by atoms with Gasteiger partial charge in [-0.2, -0.15) is 0 Å². The second kappa shape index (κ2) is 6.03. The molecule has 1 aliphatic rings. The van der Waals surface area contributed by atoms with E-state index in [1.165, 1.54) is 0 Å². The Kier molecular flexibility index (Phi) is 4.40. The van der Waals surface area contributed by atoms with Crippen molar-refractivity contribution in [2.75, 3.05) is 19.6 Å². The van der Waals surface area contributed by atoms with Crippen molar-refractivity contribution >= 4 is 17.5 Å². The van der Waals surface area contributed by atoms with Gasteiger partial charge in [-0.3, -0.25) is 4.79 Å². The average molecular weight is 253 g/mol. The maximum Gasteiger partial charge on any atom is 0.224 e. The molecular weight excluding hydrogens is 236 g/mol. The Morgan fingerprint density at radius 1 is 1.47 bits per heavy atom. The van der Waals surface area contributed by atoms with E-state index in [9.17, 15) is 4.79 Å². The summed E-state index contributed by atoms with van der Waals surface area (Å²) >= 11 is 6.04. The topological polar surface area (TPSA) is 41.1 Å². The van der Waals surface area contributed by atoms with Gasteiger partial charge in [-0.15, -0.1) is 0 Å². The Morgan fingerprint density at radius 3 is 3.00 bits per heavy atom. The molecule has 1 fully saturated rings. The Morgan fingerprint density at radius 2 is 2.29 bits per heavy atom. The molecule has 0 bridgehead atoms. The van der Waals surface area contributed by atoms with Crippen molar-refractivity contribution in [1.29, 1.82) is 0 Å². The van der Waals surface area contributed by atoms with Gasteiger partial charge in [-0.25, -0.2) is 0 Å². The van der Waals surface area contributed by atoms with Crippen LogP contribution < -0.4 is 10.6 Å². The highest BCUT2D eigenvalue weighted by atomic mass is 35.5. The quantitative estimate of drug-likeness (QED) is 0.855. The number of amides is 1. The van der Waals surface area contributed by atoms with E-state index >= 15 is 0 Å². The van der Waals surface area contributed by atoms with Crippen LogP contribution in [0, 0.1) is 5.92 Å². The van der Waals surface area contributed by atoms with Crippen LogP contribution in [0.25, 0.3) is 0 Å². The number of rotatable bonds is 4. The maximum absolute atomic E-state index is 11.7. The highest BCUT2D eigenvalue weighted by Crippen LogP contribution is 2.15. The number of benzene rings is 1. The molecule has 0 saturated carbocycles. The Hall–Kier alpha value is -1.06. The molecule has 1 aliphatic heterocycles. The van der Waals surface area contributed by atoms with Crippen LogP contribution in [0.1, 0.15) is 12.0 Å². The van der Waals surface area contributed by atoms with Crippen molar-refractivity contribution in [2.45, 2.75) is 12.8 Å². The second-order valence-electron chi connectivity index (χ2n) is 4.32. The standard InChI is InChI=1S/C13H17ClN2O/c14-12-4-2-1-3-10(12)6-8-16-13(17)11-5-7-15-9-11/h1-4,11,15H,5-9H2,(H,16,17). The first-order valence-electron chi connectivity index (χ1n) is 5.99. The van der Waals surface area contributed by atoms with Crippen LogP contribution in [0.2, 0.25) is 5.02 Å². The van der Waals surface area contributed by atoms with Gasteiger partial charge in [0.05, 0.1) is 5.92 Å². The number of hydrogen-bond acceptors (Lipinski definition) is 2. The predicted octanol–water partition coefficient (Wildman–Crippen LogP) is 1.61. The van der Waals surface area contributed by atoms with Gasteiger partial charge in [0.25, 0.3) is 0 Å². The van der Waals surface area contributed by atoms with Crippen LogP contribution in [0.15, 0.2) is 24.3 Å². The second-order valence-corrected chi connectivity index (χ2v) is 4.73. The molecule has 3 nitrogen and oxygen atoms in total. The molecule has 2 rings (SSSR count). The zero-order chi connectivity index (χ0) is 12.1. The first-order valence-corrected chi connectivity index (χ1v) is 6.37. The number of halogens is 1. The van der Waals surface area contributed by atoms with E-state index in [-0.39, 0.29) is 11.8 Å². The van der Waals surface area contributed by atoms with Gasteiger partial charge in [-0.05, 0) is 31.0 Å². The van der Waals surface area contributed by atoms with Gasteiger partial charge in [0.15, 0.2) is 0 Å². The van der Waals surface area contributed by atoms with E-state index in [0.29, 0.717) is 6.54 Å². The van der Waals surface area contributed by atoms with Crippen LogP contribution in [-0.4, -0.2) is 25.5 Å². The first-order chi connectivity index (χ1) is 8.27. The van der Waals surface area contributed by atoms with Gasteiger partial charge < -0.3 is 10.6 Å². The molecule has 1 aromatic rings. The molecule has 1 aromatic carbocycles. The molecule has 4 heteroatoms. The molecular formula is C13H17ClN2O. The van der Waals surface area contributed by atoms with Crippen LogP contribution in [-0.2, 0) is 11.2 Å². The van der Waals surface area contributed by atoms with Gasteiger partial charge in [0, 0.05) is 18.1 Å². The average Bonchev–Trinajstić information content (AvgIpc) is 2.85. The molecule has 1 heterocycles. The van der Waals surface area contributed by atoms with Crippen LogP contribution >= 0.6 is 11.6 Å². The van der Waals surface area contributed by atoms with Crippen molar-refractivity contribution in [3.05, 3.63) is 34.9 Å². The SMILES string of the molecule is O=C(NCCc1ccccc1Cl)C1CCNC1. The zero-order valence-electron chi connectivity index (χ0n) is 9.71. The summed E-state index contributed by atoms with van der Waals surface area (Å²) in [6.45, 7) is 2.40. The molecule has 0 aromatic heterocycles. The van der Waals surface area contributed by atoms with E-state index in [1.807, 2.05) is 24.3 Å². The number of carbonyl (C=O) groups is 1. The van der Waals surface area contributed by atoms with Crippen molar-refractivity contribution in [1.82, 2.24) is 10.6 Å². The third-order valence-electron chi connectivity index (χ3n) is 3.08. The van der Waals surface area contributed by atoms with Crippen LogP contribution in [0.4, 0.5) is 0 Å². The summed E-state index contributed by atoms with van der Waals surface area (Å²) < 4.78 is 0. The number of carbonyl (C=O) groups excluding carboxylic acids is 1. The van der Waals surface area contributed by atoms with E-state index < -0.39 is 0 Å². The summed E-state index contributed by atoms with van der Waals surface area (Å²) in [5.41, 5.74) is 1.08. The largest absolute Gasteiger partial charge is 0.355 e. The van der Waals surface area contributed by atoms with Crippen LogP contribution in [0.3, 0.4) is 0 Å². The lowest BCUT2D eigenvalue weighted by atomic mass is 10.1. The normalized spacial score (nSPS) is 19.2. The summed E-state index contributed by atoms with van der Waals surface area (Å²) in [6, 6.07) is 7.74. The third-order valence-corrected chi connectivity index (χ3v) is 3.45. The van der Waals surface area contributed by atoms with E-state index in [2.05, 4.69) is 10.6 Å². The summed E-state index contributed by atoms with van der Waals surface area (Å²) in [4.78, 5) is 11.7. The fourth-order valence-electron chi connectivity index (χ4n) is 2.04. The van der Waals surface area contributed by atoms with Gasteiger partial charge in [0.1, 0.15) is 0 Å². The van der Waals surface area contributed by atoms with E-state index in [4.69, 9.17) is 11.6 Å². The minimum absolute atomic E-state index is 0.140. The van der Waals surface area contributed by atoms with E-state index in [1.54, 1.807) is 0 Å². The number of hydrogen-bond donors (Lipinski definition) is 2. The summed E-state index contributed by atoms with van der Waals surface area (Å²) in [5, 5.41) is 6.92. The maximum atomic E-state index is 11.7. The summed E-state index contributed by atoms with van der Waals surface area (Å²) in [6.07, 6.45) is 1.73. The molecule has 1 amide bonds. The highest BCUT2D eigenvalue weighted by molar-refractivity contribution is 6.31. The lowest BCUT2D eigenvalue weighted by Gasteiger charge is -2.10. The smallest absolute Gasteiger partial charge is 0.224 e. The van der Waals surface area contributed by atoms with Gasteiger partial charge in [-0.1, -0.05) is 29.8 Å². The van der Waals surface area contributed by atoms with Crippen LogP contribution in [0.5, 0.6) is 0 Å². The van der Waals surface area contributed by atoms with Crippen molar-refractivity contribution in [3.63, 3.8) is 0 Å². The molecule has 1 saturated heterocycles. The zero-order valence-corrected chi connectivity index (χ0v) is 10.5. The Bertz CT molecular complexity index is 389. The third kappa shape index (κ3) is 3.45. The minimum Gasteiger partial charge on any atom is -0.355 e. The molecule has 1 atom stereocenters.